The highest BCUT2D eigenvalue weighted by atomic mass is 32.2. The zero-order chi connectivity index (χ0) is 13.0. The summed E-state index contributed by atoms with van der Waals surface area (Å²) < 4.78 is 12.8. The van der Waals surface area contributed by atoms with E-state index in [9.17, 15) is 4.39 Å². The van der Waals surface area contributed by atoms with E-state index in [2.05, 4.69) is 15.3 Å². The van der Waals surface area contributed by atoms with Crippen molar-refractivity contribution < 1.29 is 4.39 Å². The maximum Gasteiger partial charge on any atom is 0.189 e. The molecule has 0 bridgehead atoms. The van der Waals surface area contributed by atoms with Gasteiger partial charge in [-0.3, -0.25) is 0 Å². The molecule has 5 heteroatoms. The molecule has 0 saturated carbocycles. The van der Waals surface area contributed by atoms with Gasteiger partial charge < -0.3 is 5.32 Å². The molecule has 3 nitrogen and oxygen atoms in total. The van der Waals surface area contributed by atoms with Crippen LogP contribution in [0.3, 0.4) is 0 Å². The standard InChI is InChI=1S/C13H14FN3S/c1-9-7-12(17-13(16-9)18-2)15-8-10-3-5-11(14)6-4-10/h3-7H,8H2,1-2H3,(H,15,16,17). The van der Waals surface area contributed by atoms with Crippen LogP contribution in [-0.4, -0.2) is 16.2 Å². The van der Waals surface area contributed by atoms with Crippen molar-refractivity contribution in [3.63, 3.8) is 0 Å². The lowest BCUT2D eigenvalue weighted by molar-refractivity contribution is 0.627. The van der Waals surface area contributed by atoms with Crippen molar-refractivity contribution >= 4 is 17.6 Å². The molecular weight excluding hydrogens is 249 g/mol. The average Bonchev–Trinajstić information content (AvgIpc) is 2.37. The Labute approximate surface area is 110 Å². The molecule has 94 valence electrons. The van der Waals surface area contributed by atoms with E-state index in [1.807, 2.05) is 19.2 Å². The van der Waals surface area contributed by atoms with Crippen LogP contribution in [-0.2, 0) is 6.54 Å². The molecule has 1 aromatic carbocycles. The van der Waals surface area contributed by atoms with E-state index in [1.54, 1.807) is 12.1 Å². The van der Waals surface area contributed by atoms with Gasteiger partial charge in [-0.2, -0.15) is 0 Å². The number of thioether (sulfide) groups is 1. The number of halogens is 1. The van der Waals surface area contributed by atoms with Crippen LogP contribution in [0.25, 0.3) is 0 Å². The van der Waals surface area contributed by atoms with Crippen LogP contribution in [0.4, 0.5) is 10.2 Å². The number of anilines is 1. The van der Waals surface area contributed by atoms with Gasteiger partial charge in [-0.05, 0) is 30.9 Å². The van der Waals surface area contributed by atoms with Crippen molar-refractivity contribution in [1.82, 2.24) is 9.97 Å². The van der Waals surface area contributed by atoms with Crippen molar-refractivity contribution in [3.8, 4) is 0 Å². The van der Waals surface area contributed by atoms with Gasteiger partial charge in [0.25, 0.3) is 0 Å². The summed E-state index contributed by atoms with van der Waals surface area (Å²) in [6, 6.07) is 8.31. The van der Waals surface area contributed by atoms with E-state index < -0.39 is 0 Å². The van der Waals surface area contributed by atoms with Gasteiger partial charge in [-0.1, -0.05) is 23.9 Å². The first-order valence-corrected chi connectivity index (χ1v) is 6.78. The highest BCUT2D eigenvalue weighted by Crippen LogP contribution is 2.14. The third kappa shape index (κ3) is 3.43. The maximum absolute atomic E-state index is 12.8. The molecule has 1 heterocycles. The van der Waals surface area contributed by atoms with Crippen molar-refractivity contribution in [2.75, 3.05) is 11.6 Å². The van der Waals surface area contributed by atoms with E-state index in [1.165, 1.54) is 23.9 Å². The molecule has 2 aromatic rings. The number of hydrogen-bond acceptors (Lipinski definition) is 4. The van der Waals surface area contributed by atoms with Crippen LogP contribution in [0.5, 0.6) is 0 Å². The van der Waals surface area contributed by atoms with E-state index in [0.29, 0.717) is 6.54 Å². The van der Waals surface area contributed by atoms with Gasteiger partial charge in [0, 0.05) is 18.3 Å². The molecule has 0 unspecified atom stereocenters. The van der Waals surface area contributed by atoms with E-state index >= 15 is 0 Å². The van der Waals surface area contributed by atoms with Crippen LogP contribution in [0.2, 0.25) is 0 Å². The Hall–Kier alpha value is -1.62. The maximum atomic E-state index is 12.8. The summed E-state index contributed by atoms with van der Waals surface area (Å²) in [5.41, 5.74) is 1.94. The first-order valence-electron chi connectivity index (χ1n) is 5.55. The third-order valence-electron chi connectivity index (χ3n) is 2.40. The molecule has 0 amide bonds. The number of benzene rings is 1. The number of aryl methyl sites for hydroxylation is 1. The average molecular weight is 263 g/mol. The van der Waals surface area contributed by atoms with Gasteiger partial charge in [-0.25, -0.2) is 14.4 Å². The Kier molecular flexibility index (Phi) is 4.15. The van der Waals surface area contributed by atoms with Crippen molar-refractivity contribution in [2.24, 2.45) is 0 Å². The zero-order valence-corrected chi connectivity index (χ0v) is 11.1. The van der Waals surface area contributed by atoms with E-state index in [-0.39, 0.29) is 5.82 Å². The predicted octanol–water partition coefficient (Wildman–Crippen LogP) is 3.26. The number of nitrogens with zero attached hydrogens (tertiary/aromatic N) is 2. The molecule has 1 aromatic heterocycles. The van der Waals surface area contributed by atoms with Crippen LogP contribution in [0.1, 0.15) is 11.3 Å². The summed E-state index contributed by atoms with van der Waals surface area (Å²) >= 11 is 1.51. The summed E-state index contributed by atoms with van der Waals surface area (Å²) in [4.78, 5) is 8.63. The monoisotopic (exact) mass is 263 g/mol. The van der Waals surface area contributed by atoms with Gasteiger partial charge in [0.15, 0.2) is 5.16 Å². The van der Waals surface area contributed by atoms with Gasteiger partial charge in [-0.15, -0.1) is 0 Å². The first kappa shape index (κ1) is 12.8. The largest absolute Gasteiger partial charge is 0.366 e. The second-order valence-electron chi connectivity index (χ2n) is 3.86. The second-order valence-corrected chi connectivity index (χ2v) is 4.63. The van der Waals surface area contributed by atoms with Crippen LogP contribution in [0.15, 0.2) is 35.5 Å². The SMILES string of the molecule is CSc1nc(C)cc(NCc2ccc(F)cc2)n1. The smallest absolute Gasteiger partial charge is 0.189 e. The molecule has 2 rings (SSSR count). The van der Waals surface area contributed by atoms with Crippen LogP contribution in [0, 0.1) is 12.7 Å². The molecular formula is C13H14FN3S. The summed E-state index contributed by atoms with van der Waals surface area (Å²) in [6.07, 6.45) is 1.94. The summed E-state index contributed by atoms with van der Waals surface area (Å²) in [5.74, 6) is 0.567. The number of hydrogen-bond donors (Lipinski definition) is 1. The number of rotatable bonds is 4. The predicted molar refractivity (Wildman–Crippen MR) is 72.3 cm³/mol. The molecule has 0 spiro atoms. The molecule has 0 saturated heterocycles. The number of aromatic nitrogens is 2. The molecule has 1 N–H and O–H groups in total. The lowest BCUT2D eigenvalue weighted by Crippen LogP contribution is -2.03. The van der Waals surface area contributed by atoms with Crippen LogP contribution < -0.4 is 5.32 Å². The third-order valence-corrected chi connectivity index (χ3v) is 2.95. The lowest BCUT2D eigenvalue weighted by Gasteiger charge is -2.07. The number of nitrogens with one attached hydrogen (secondary N) is 1. The van der Waals surface area contributed by atoms with Crippen molar-refractivity contribution in [3.05, 3.63) is 47.4 Å². The summed E-state index contributed by atoms with van der Waals surface area (Å²) in [6.45, 7) is 2.55. The van der Waals surface area contributed by atoms with Crippen molar-refractivity contribution in [1.29, 1.82) is 0 Å². The summed E-state index contributed by atoms with van der Waals surface area (Å²) in [7, 11) is 0. The Morgan fingerprint density at radius 2 is 1.94 bits per heavy atom. The minimum Gasteiger partial charge on any atom is -0.366 e. The van der Waals surface area contributed by atoms with Gasteiger partial charge in [0.2, 0.25) is 0 Å². The fourth-order valence-electron chi connectivity index (χ4n) is 1.52. The Morgan fingerprint density at radius 1 is 1.22 bits per heavy atom. The first-order chi connectivity index (χ1) is 8.67. The molecule has 0 radical (unpaired) electrons. The molecule has 0 aliphatic rings. The van der Waals surface area contributed by atoms with Gasteiger partial charge >= 0.3 is 0 Å². The molecule has 0 aliphatic heterocycles. The Balaban J connectivity index is 2.05. The van der Waals surface area contributed by atoms with Crippen LogP contribution >= 0.6 is 11.8 Å². The van der Waals surface area contributed by atoms with Gasteiger partial charge in [0.1, 0.15) is 11.6 Å². The molecule has 0 aliphatic carbocycles. The zero-order valence-electron chi connectivity index (χ0n) is 10.3. The van der Waals surface area contributed by atoms with E-state index in [4.69, 9.17) is 0 Å². The summed E-state index contributed by atoms with van der Waals surface area (Å²) in [5, 5.41) is 3.96. The minimum atomic E-state index is -0.221. The molecule has 0 fully saturated rings. The topological polar surface area (TPSA) is 37.8 Å². The quantitative estimate of drug-likeness (QED) is 0.678. The fourth-order valence-corrected chi connectivity index (χ4v) is 1.94. The second kappa shape index (κ2) is 5.82. The Morgan fingerprint density at radius 3 is 2.61 bits per heavy atom. The minimum absolute atomic E-state index is 0.221. The van der Waals surface area contributed by atoms with Gasteiger partial charge in [0.05, 0.1) is 0 Å². The molecule has 0 atom stereocenters. The normalized spacial score (nSPS) is 10.4. The highest BCUT2D eigenvalue weighted by Gasteiger charge is 2.01. The molecule has 18 heavy (non-hydrogen) atoms. The Bertz CT molecular complexity index is 528. The highest BCUT2D eigenvalue weighted by molar-refractivity contribution is 7.98. The fraction of sp³-hybridized carbons (Fsp3) is 0.231. The van der Waals surface area contributed by atoms with Crippen molar-refractivity contribution in [2.45, 2.75) is 18.6 Å². The van der Waals surface area contributed by atoms with E-state index in [0.717, 1.165) is 22.2 Å². The lowest BCUT2D eigenvalue weighted by atomic mass is 10.2.